The number of nitrogens with zero attached hydrogens (tertiary/aromatic N) is 3. The SMILES string of the molecule is CCCNC(=O)CNc1ccc2nccnc2n1. The van der Waals surface area contributed by atoms with Gasteiger partial charge in [0.2, 0.25) is 5.91 Å². The number of anilines is 1. The zero-order valence-corrected chi connectivity index (χ0v) is 10.2. The molecule has 0 radical (unpaired) electrons. The number of fused-ring (bicyclic) bond motifs is 1. The van der Waals surface area contributed by atoms with Gasteiger partial charge < -0.3 is 10.6 Å². The van der Waals surface area contributed by atoms with Gasteiger partial charge in [-0.05, 0) is 18.6 Å². The smallest absolute Gasteiger partial charge is 0.239 e. The van der Waals surface area contributed by atoms with Gasteiger partial charge in [-0.3, -0.25) is 9.78 Å². The number of amides is 1. The highest BCUT2D eigenvalue weighted by Gasteiger charge is 2.02. The molecule has 0 aliphatic rings. The molecule has 0 unspecified atom stereocenters. The third-order valence-corrected chi connectivity index (χ3v) is 2.33. The molecule has 94 valence electrons. The number of carbonyl (C=O) groups is 1. The van der Waals surface area contributed by atoms with Gasteiger partial charge in [0.05, 0.1) is 6.54 Å². The van der Waals surface area contributed by atoms with Crippen LogP contribution >= 0.6 is 0 Å². The van der Waals surface area contributed by atoms with Crippen LogP contribution in [0.4, 0.5) is 5.82 Å². The number of pyridine rings is 1. The predicted molar refractivity (Wildman–Crippen MR) is 69.1 cm³/mol. The van der Waals surface area contributed by atoms with Crippen molar-refractivity contribution >= 4 is 22.9 Å². The summed E-state index contributed by atoms with van der Waals surface area (Å²) in [5, 5.41) is 5.74. The molecule has 6 nitrogen and oxygen atoms in total. The summed E-state index contributed by atoms with van der Waals surface area (Å²) in [6.07, 6.45) is 4.14. The first kappa shape index (κ1) is 12.2. The number of carbonyl (C=O) groups excluding carboxylic acids is 1. The fraction of sp³-hybridized carbons (Fsp3) is 0.333. The first-order valence-corrected chi connectivity index (χ1v) is 5.88. The molecule has 0 aliphatic carbocycles. The van der Waals surface area contributed by atoms with Crippen molar-refractivity contribution in [2.45, 2.75) is 13.3 Å². The molecule has 2 N–H and O–H groups in total. The van der Waals surface area contributed by atoms with Crippen molar-refractivity contribution in [3.05, 3.63) is 24.5 Å². The van der Waals surface area contributed by atoms with Crippen LogP contribution in [0.5, 0.6) is 0 Å². The van der Waals surface area contributed by atoms with Crippen molar-refractivity contribution in [3.63, 3.8) is 0 Å². The molecule has 2 rings (SSSR count). The topological polar surface area (TPSA) is 79.8 Å². The van der Waals surface area contributed by atoms with E-state index in [0.29, 0.717) is 18.0 Å². The van der Waals surface area contributed by atoms with Crippen LogP contribution in [0.15, 0.2) is 24.5 Å². The Morgan fingerprint density at radius 2 is 2.11 bits per heavy atom. The molecule has 0 atom stereocenters. The van der Waals surface area contributed by atoms with Gasteiger partial charge in [0.15, 0.2) is 5.65 Å². The van der Waals surface area contributed by atoms with Crippen LogP contribution in [-0.4, -0.2) is 33.9 Å². The third-order valence-electron chi connectivity index (χ3n) is 2.33. The Labute approximate surface area is 105 Å². The van der Waals surface area contributed by atoms with E-state index in [4.69, 9.17) is 0 Å². The molecule has 0 spiro atoms. The summed E-state index contributed by atoms with van der Waals surface area (Å²) in [5.41, 5.74) is 1.30. The molecule has 6 heteroatoms. The van der Waals surface area contributed by atoms with E-state index in [1.54, 1.807) is 18.5 Å². The highest BCUT2D eigenvalue weighted by molar-refractivity contribution is 5.81. The van der Waals surface area contributed by atoms with Gasteiger partial charge in [-0.25, -0.2) is 9.97 Å². The van der Waals surface area contributed by atoms with Crippen LogP contribution < -0.4 is 10.6 Å². The lowest BCUT2D eigenvalue weighted by atomic mass is 10.4. The van der Waals surface area contributed by atoms with Crippen LogP contribution in [0, 0.1) is 0 Å². The Balaban J connectivity index is 1.97. The molecule has 1 amide bonds. The Morgan fingerprint density at radius 3 is 2.94 bits per heavy atom. The minimum Gasteiger partial charge on any atom is -0.361 e. The van der Waals surface area contributed by atoms with Crippen molar-refractivity contribution in [1.29, 1.82) is 0 Å². The summed E-state index contributed by atoms with van der Waals surface area (Å²) in [6, 6.07) is 3.60. The maximum absolute atomic E-state index is 11.4. The number of rotatable bonds is 5. The van der Waals surface area contributed by atoms with Gasteiger partial charge in [0, 0.05) is 18.9 Å². The van der Waals surface area contributed by atoms with Crippen LogP contribution in [0.3, 0.4) is 0 Å². The number of aromatic nitrogens is 3. The highest BCUT2D eigenvalue weighted by atomic mass is 16.1. The Hall–Kier alpha value is -2.24. The second kappa shape index (κ2) is 5.90. The van der Waals surface area contributed by atoms with Crippen molar-refractivity contribution in [3.8, 4) is 0 Å². The highest BCUT2D eigenvalue weighted by Crippen LogP contribution is 2.09. The average Bonchev–Trinajstić information content (AvgIpc) is 2.42. The van der Waals surface area contributed by atoms with Crippen LogP contribution in [-0.2, 0) is 4.79 Å². The normalized spacial score (nSPS) is 10.3. The standard InChI is InChI=1S/C12H15N5O/c1-2-5-14-11(18)8-16-10-4-3-9-12(17-10)15-7-6-13-9/h3-4,6-7H,2,5,8H2,1H3,(H,14,18)(H,15,16,17). The maximum Gasteiger partial charge on any atom is 0.239 e. The van der Waals surface area contributed by atoms with Gasteiger partial charge in [-0.1, -0.05) is 6.92 Å². The van der Waals surface area contributed by atoms with E-state index in [-0.39, 0.29) is 12.5 Å². The monoisotopic (exact) mass is 245 g/mol. The maximum atomic E-state index is 11.4. The molecular weight excluding hydrogens is 230 g/mol. The molecule has 0 bridgehead atoms. The molecule has 2 aromatic heterocycles. The summed E-state index contributed by atoms with van der Waals surface area (Å²) >= 11 is 0. The molecule has 0 saturated heterocycles. The Bertz CT molecular complexity index is 543. The summed E-state index contributed by atoms with van der Waals surface area (Å²) < 4.78 is 0. The Morgan fingerprint density at radius 1 is 1.28 bits per heavy atom. The van der Waals surface area contributed by atoms with Crippen molar-refractivity contribution < 1.29 is 4.79 Å². The molecule has 2 aromatic rings. The second-order valence-electron chi connectivity index (χ2n) is 3.80. The number of hydrogen-bond donors (Lipinski definition) is 2. The van der Waals surface area contributed by atoms with Crippen LogP contribution in [0.2, 0.25) is 0 Å². The number of hydrogen-bond acceptors (Lipinski definition) is 5. The van der Waals surface area contributed by atoms with Gasteiger partial charge in [0.1, 0.15) is 11.3 Å². The van der Waals surface area contributed by atoms with E-state index in [9.17, 15) is 4.79 Å². The Kier molecular flexibility index (Phi) is 4.01. The zero-order valence-electron chi connectivity index (χ0n) is 10.2. The largest absolute Gasteiger partial charge is 0.361 e. The van der Waals surface area contributed by atoms with E-state index in [1.807, 2.05) is 13.0 Å². The average molecular weight is 245 g/mol. The van der Waals surface area contributed by atoms with Gasteiger partial charge in [-0.2, -0.15) is 0 Å². The third kappa shape index (κ3) is 3.13. The van der Waals surface area contributed by atoms with Crippen LogP contribution in [0.25, 0.3) is 11.2 Å². The van der Waals surface area contributed by atoms with E-state index >= 15 is 0 Å². The first-order chi connectivity index (χ1) is 8.79. The summed E-state index contributed by atoms with van der Waals surface area (Å²) in [7, 11) is 0. The fourth-order valence-electron chi connectivity index (χ4n) is 1.45. The van der Waals surface area contributed by atoms with E-state index in [2.05, 4.69) is 25.6 Å². The molecule has 18 heavy (non-hydrogen) atoms. The lowest BCUT2D eigenvalue weighted by Crippen LogP contribution is -2.30. The lowest BCUT2D eigenvalue weighted by Gasteiger charge is -2.06. The predicted octanol–water partition coefficient (Wildman–Crippen LogP) is 0.963. The number of nitrogens with one attached hydrogen (secondary N) is 2. The van der Waals surface area contributed by atoms with E-state index < -0.39 is 0 Å². The van der Waals surface area contributed by atoms with Crippen LogP contribution in [0.1, 0.15) is 13.3 Å². The van der Waals surface area contributed by atoms with Crippen molar-refractivity contribution in [2.24, 2.45) is 0 Å². The fourth-order valence-corrected chi connectivity index (χ4v) is 1.45. The molecule has 0 saturated carbocycles. The van der Waals surface area contributed by atoms with Crippen molar-refractivity contribution in [2.75, 3.05) is 18.4 Å². The van der Waals surface area contributed by atoms with E-state index in [1.165, 1.54) is 0 Å². The quantitative estimate of drug-likeness (QED) is 0.820. The minimum absolute atomic E-state index is 0.0436. The lowest BCUT2D eigenvalue weighted by molar-refractivity contribution is -0.119. The molecule has 2 heterocycles. The summed E-state index contributed by atoms with van der Waals surface area (Å²) in [5.74, 6) is 0.576. The van der Waals surface area contributed by atoms with Gasteiger partial charge in [0.25, 0.3) is 0 Å². The second-order valence-corrected chi connectivity index (χ2v) is 3.80. The molecular formula is C12H15N5O. The molecule has 0 aliphatic heterocycles. The van der Waals surface area contributed by atoms with Gasteiger partial charge in [-0.15, -0.1) is 0 Å². The molecule has 0 aromatic carbocycles. The minimum atomic E-state index is -0.0436. The van der Waals surface area contributed by atoms with Crippen molar-refractivity contribution in [1.82, 2.24) is 20.3 Å². The van der Waals surface area contributed by atoms with Gasteiger partial charge >= 0.3 is 0 Å². The first-order valence-electron chi connectivity index (χ1n) is 5.88. The summed E-state index contributed by atoms with van der Waals surface area (Å²) in [4.78, 5) is 23.9. The zero-order chi connectivity index (χ0) is 12.8. The molecule has 0 fully saturated rings. The summed E-state index contributed by atoms with van der Waals surface area (Å²) in [6.45, 7) is 2.91. The van der Waals surface area contributed by atoms with E-state index in [0.717, 1.165) is 11.9 Å².